The maximum Gasteiger partial charge on any atom is 0.259 e. The third kappa shape index (κ3) is 14.7. The molecule has 0 aliphatic carbocycles. The molecule has 0 radical (unpaired) electrons. The lowest BCUT2D eigenvalue weighted by molar-refractivity contribution is -0.144. The fraction of sp³-hybridized carbons (Fsp3) is 0.558. The first-order valence-electron chi connectivity index (χ1n) is 24.9. The quantitative estimate of drug-likeness (QED) is 0.0653. The summed E-state index contributed by atoms with van der Waals surface area (Å²) in [5, 5.41) is 23.3. The van der Waals surface area contributed by atoms with Gasteiger partial charge in [-0.15, -0.1) is 0 Å². The number of nitrogens with one attached hydrogen (secondary N) is 6. The minimum atomic E-state index is -0.859. The van der Waals surface area contributed by atoms with Gasteiger partial charge in [0.05, 0.1) is 57.3 Å². The number of likely N-dealkylation sites (tertiary alicyclic amines) is 1. The number of likely N-dealkylation sites (N-methyl/N-ethyl adjacent to an activating group) is 1. The highest BCUT2D eigenvalue weighted by Crippen LogP contribution is 2.31. The Morgan fingerprint density at radius 2 is 1.70 bits per heavy atom. The zero-order chi connectivity index (χ0) is 51.2. The lowest BCUT2D eigenvalue weighted by atomic mass is 9.85. The largest absolute Gasteiger partial charge is 0.489 e. The molecule has 0 spiro atoms. The molecule has 6 N–H and O–H groups in total. The van der Waals surface area contributed by atoms with Gasteiger partial charge in [0.25, 0.3) is 5.91 Å². The van der Waals surface area contributed by atoms with Gasteiger partial charge in [0.15, 0.2) is 5.65 Å². The molecular weight excluding hydrogens is 907 g/mol. The van der Waals surface area contributed by atoms with E-state index in [2.05, 4.69) is 43.1 Å². The topological polar surface area (TPSA) is 222 Å². The Morgan fingerprint density at radius 1 is 0.958 bits per heavy atom. The number of carbonyl (C=O) groups is 5. The molecule has 2 bridgehead atoms. The molecule has 6 rings (SSSR count). The van der Waals surface area contributed by atoms with Gasteiger partial charge >= 0.3 is 0 Å². The maximum absolute atomic E-state index is 14.4. The normalized spacial score (nSPS) is 19.6. The Bertz CT molecular complexity index is 2430. The first-order valence-corrected chi connectivity index (χ1v) is 24.9. The number of aryl methyl sites for hydroxylation is 1. The van der Waals surface area contributed by atoms with E-state index in [1.165, 1.54) is 6.20 Å². The number of hydrogen-bond donors (Lipinski definition) is 6. The van der Waals surface area contributed by atoms with Crippen LogP contribution in [0.25, 0.3) is 5.65 Å². The zero-order valence-electron chi connectivity index (χ0n) is 42.9. The highest BCUT2D eigenvalue weighted by molar-refractivity contribution is 6.00. The van der Waals surface area contributed by atoms with Crippen LogP contribution in [0.2, 0.25) is 0 Å². The van der Waals surface area contributed by atoms with E-state index >= 15 is 0 Å². The third-order valence-corrected chi connectivity index (χ3v) is 13.0. The van der Waals surface area contributed by atoms with Crippen LogP contribution in [0.15, 0.2) is 67.0 Å². The smallest absolute Gasteiger partial charge is 0.259 e. The molecule has 0 saturated carbocycles. The van der Waals surface area contributed by atoms with Crippen molar-refractivity contribution in [3.8, 4) is 5.75 Å². The molecule has 2 aliphatic rings. The Kier molecular flexibility index (Phi) is 19.3. The number of anilines is 1. The van der Waals surface area contributed by atoms with Gasteiger partial charge in [0.1, 0.15) is 35.3 Å². The molecule has 2 aliphatic heterocycles. The fourth-order valence-corrected chi connectivity index (χ4v) is 8.83. The van der Waals surface area contributed by atoms with Crippen molar-refractivity contribution in [2.75, 3.05) is 71.5 Å². The summed E-state index contributed by atoms with van der Waals surface area (Å²) in [5.74, 6) is -0.0177. The lowest BCUT2D eigenvalue weighted by Crippen LogP contribution is -2.59. The molecule has 19 nitrogen and oxygen atoms in total. The van der Waals surface area contributed by atoms with Gasteiger partial charge in [0.2, 0.25) is 23.6 Å². The van der Waals surface area contributed by atoms with E-state index in [1.807, 2.05) is 97.0 Å². The summed E-state index contributed by atoms with van der Waals surface area (Å²) in [7, 11) is 1.69. The first-order chi connectivity index (χ1) is 34.0. The number of benzene rings is 2. The molecular formula is C52H75N11O8. The van der Waals surface area contributed by atoms with Crippen molar-refractivity contribution in [3.63, 3.8) is 0 Å². The molecule has 1 fully saturated rings. The van der Waals surface area contributed by atoms with Crippen LogP contribution in [0.4, 0.5) is 5.82 Å². The van der Waals surface area contributed by atoms with E-state index < -0.39 is 23.5 Å². The van der Waals surface area contributed by atoms with Crippen molar-refractivity contribution < 1.29 is 38.2 Å². The van der Waals surface area contributed by atoms with Crippen LogP contribution in [0.3, 0.4) is 0 Å². The highest BCUT2D eigenvalue weighted by atomic mass is 16.5. The van der Waals surface area contributed by atoms with E-state index in [1.54, 1.807) is 34.5 Å². The molecule has 7 atom stereocenters. The predicted molar refractivity (Wildman–Crippen MR) is 271 cm³/mol. The Hall–Kier alpha value is -6.15. The molecule has 2 aromatic heterocycles. The number of hydrogen-bond acceptors (Lipinski definition) is 13. The lowest BCUT2D eigenvalue weighted by Gasteiger charge is -2.36. The average molecular weight is 982 g/mol. The Balaban J connectivity index is 0.946. The van der Waals surface area contributed by atoms with Gasteiger partial charge in [-0.3, -0.25) is 24.0 Å². The van der Waals surface area contributed by atoms with Crippen LogP contribution in [-0.2, 0) is 28.7 Å². The van der Waals surface area contributed by atoms with Crippen LogP contribution in [0, 0.1) is 12.3 Å². The molecule has 4 heterocycles. The van der Waals surface area contributed by atoms with Crippen molar-refractivity contribution in [1.82, 2.24) is 51.0 Å². The Morgan fingerprint density at radius 3 is 2.42 bits per heavy atom. The summed E-state index contributed by atoms with van der Waals surface area (Å²) in [6, 6.07) is 14.9. The van der Waals surface area contributed by atoms with Gasteiger partial charge in [0, 0.05) is 50.4 Å². The SMILES string of the molecule is CC[C@@H](NC(=O)[C@@H]1C[C@H](NCCOCCOCCC(=O)NCCN2C[C@H](C)Oc3ccc(C)cc3[C@@H](C)Nc3ccn4ncc(c4n3)C2=O)CN1C(=O)[C@@H](NC(=O)[C@H](C)NC)C(C)(C)C)c1ccccc1. The number of ether oxygens (including phenoxy) is 3. The second-order valence-electron chi connectivity index (χ2n) is 19.6. The van der Waals surface area contributed by atoms with Crippen molar-refractivity contribution in [3.05, 3.63) is 89.2 Å². The van der Waals surface area contributed by atoms with Gasteiger partial charge in [-0.05, 0) is 70.7 Å². The van der Waals surface area contributed by atoms with Crippen molar-refractivity contribution in [2.45, 2.75) is 117 Å². The molecule has 386 valence electrons. The van der Waals surface area contributed by atoms with E-state index in [4.69, 9.17) is 19.2 Å². The van der Waals surface area contributed by atoms with E-state index in [0.717, 1.165) is 22.4 Å². The van der Waals surface area contributed by atoms with E-state index in [0.29, 0.717) is 49.6 Å². The van der Waals surface area contributed by atoms with E-state index in [-0.39, 0.29) is 99.6 Å². The molecule has 71 heavy (non-hydrogen) atoms. The second-order valence-corrected chi connectivity index (χ2v) is 19.6. The van der Waals surface area contributed by atoms with Crippen LogP contribution < -0.4 is 36.6 Å². The second kappa shape index (κ2) is 25.3. The first kappa shape index (κ1) is 54.2. The molecule has 2 aromatic carbocycles. The predicted octanol–water partition coefficient (Wildman–Crippen LogP) is 3.94. The highest BCUT2D eigenvalue weighted by Gasteiger charge is 2.45. The van der Waals surface area contributed by atoms with Crippen molar-refractivity contribution >= 4 is 41.0 Å². The summed E-state index contributed by atoms with van der Waals surface area (Å²) < 4.78 is 19.6. The van der Waals surface area contributed by atoms with Gasteiger partial charge in [-0.1, -0.05) is 75.7 Å². The maximum atomic E-state index is 14.4. The van der Waals surface area contributed by atoms with Crippen molar-refractivity contribution in [1.29, 1.82) is 0 Å². The van der Waals surface area contributed by atoms with E-state index in [9.17, 15) is 24.0 Å². The summed E-state index contributed by atoms with van der Waals surface area (Å²) in [6.07, 6.45) is 4.11. The van der Waals surface area contributed by atoms with Crippen LogP contribution in [-0.4, -0.2) is 150 Å². The zero-order valence-corrected chi connectivity index (χ0v) is 42.9. The van der Waals surface area contributed by atoms with Gasteiger partial charge < -0.3 is 55.9 Å². The summed E-state index contributed by atoms with van der Waals surface area (Å²) in [4.78, 5) is 76.3. The summed E-state index contributed by atoms with van der Waals surface area (Å²) in [5.41, 5.74) is 3.20. The molecule has 19 heteroatoms. The molecule has 4 aromatic rings. The van der Waals surface area contributed by atoms with Crippen LogP contribution in [0.1, 0.15) is 107 Å². The minimum Gasteiger partial charge on any atom is -0.489 e. The molecule has 1 saturated heterocycles. The number of carbonyl (C=O) groups excluding carboxylic acids is 5. The summed E-state index contributed by atoms with van der Waals surface area (Å²) >= 11 is 0. The number of aromatic nitrogens is 3. The fourth-order valence-electron chi connectivity index (χ4n) is 8.83. The van der Waals surface area contributed by atoms with Gasteiger partial charge in [-0.2, -0.15) is 5.10 Å². The summed E-state index contributed by atoms with van der Waals surface area (Å²) in [6.45, 7) is 18.0. The third-order valence-electron chi connectivity index (χ3n) is 13.0. The average Bonchev–Trinajstić information content (AvgIpc) is 3.98. The monoisotopic (exact) mass is 982 g/mol. The standard InChI is InChI=1S/C52H75N11O8/c1-10-41(37-14-12-11-13-15-37)58-49(66)42-29-38(32-62(42)51(68)46(52(6,7)8)60-48(65)36(5)53-9)54-21-25-70-27-26-69-24-19-45(64)55-20-23-61-31-34(3)71-43-17-16-33(2)28-39(43)35(4)57-44-18-22-63-47(59-44)40(30-56-63)50(61)67/h11-18,22,28,30,34-36,38,41-42,46,53-54H,10,19-21,23-27,29,31-32H2,1-9H3,(H,55,64)(H,57,59)(H,58,66)(H,60,65)/t34-,35+,36-,38-,41+,42-,46+/m0/s1. The molecule has 5 amide bonds. The minimum absolute atomic E-state index is 0.126. The number of nitrogens with zero attached hydrogens (tertiary/aromatic N) is 5. The van der Waals surface area contributed by atoms with Crippen LogP contribution >= 0.6 is 0 Å². The number of rotatable bonds is 21. The number of amides is 5. The van der Waals surface area contributed by atoms with Gasteiger partial charge in [-0.25, -0.2) is 9.50 Å². The molecule has 0 unspecified atom stereocenters. The van der Waals surface area contributed by atoms with Crippen molar-refractivity contribution in [2.24, 2.45) is 5.41 Å². The number of fused-ring (bicyclic) bond motifs is 2. The Labute approximate surface area is 417 Å². The van der Waals surface area contributed by atoms with Crippen LogP contribution in [0.5, 0.6) is 5.75 Å².